The summed E-state index contributed by atoms with van der Waals surface area (Å²) in [5.74, 6) is 0.289. The van der Waals surface area contributed by atoms with Gasteiger partial charge in [-0.15, -0.1) is 0 Å². The van der Waals surface area contributed by atoms with Crippen molar-refractivity contribution in [2.24, 2.45) is 5.92 Å². The quantitative estimate of drug-likeness (QED) is 0.574. The average molecular weight is 520 g/mol. The zero-order valence-electron chi connectivity index (χ0n) is 20.7. The highest BCUT2D eigenvalue weighted by molar-refractivity contribution is 7.89. The molecule has 4 rings (SSSR count). The minimum atomic E-state index is -3.76. The SMILES string of the molecule is CCOc1ccc(Cl)cc1S(=O)(=O)N1CCC(C(=O)N2CCN(c3cccc(C)c3C)CC2)CC1. The number of sulfonamides is 1. The van der Waals surface area contributed by atoms with E-state index < -0.39 is 10.0 Å². The summed E-state index contributed by atoms with van der Waals surface area (Å²) in [6.07, 6.45) is 1.03. The Morgan fingerprint density at radius 2 is 1.71 bits per heavy atom. The number of rotatable bonds is 6. The van der Waals surface area contributed by atoms with Crippen molar-refractivity contribution in [3.05, 3.63) is 52.5 Å². The van der Waals surface area contributed by atoms with Crippen LogP contribution in [0.3, 0.4) is 0 Å². The van der Waals surface area contributed by atoms with E-state index in [1.54, 1.807) is 12.1 Å². The number of benzene rings is 2. The number of piperidine rings is 1. The number of halogens is 1. The Kier molecular flexibility index (Phi) is 7.93. The first-order chi connectivity index (χ1) is 16.7. The molecule has 0 bridgehead atoms. The number of piperazine rings is 1. The molecule has 2 aromatic rings. The van der Waals surface area contributed by atoms with Gasteiger partial charge in [-0.05, 0) is 69.0 Å². The van der Waals surface area contributed by atoms with Gasteiger partial charge < -0.3 is 14.5 Å². The summed E-state index contributed by atoms with van der Waals surface area (Å²) in [5.41, 5.74) is 3.80. The van der Waals surface area contributed by atoms with Gasteiger partial charge in [0.25, 0.3) is 0 Å². The van der Waals surface area contributed by atoms with E-state index in [2.05, 4.69) is 36.9 Å². The first-order valence-electron chi connectivity index (χ1n) is 12.2. The van der Waals surface area contributed by atoms with Crippen LogP contribution in [0.25, 0.3) is 0 Å². The highest BCUT2D eigenvalue weighted by Gasteiger charge is 2.36. The molecule has 0 saturated carbocycles. The van der Waals surface area contributed by atoms with Crippen LogP contribution in [0.2, 0.25) is 5.02 Å². The van der Waals surface area contributed by atoms with Crippen LogP contribution in [0.4, 0.5) is 5.69 Å². The van der Waals surface area contributed by atoms with Gasteiger partial charge >= 0.3 is 0 Å². The first kappa shape index (κ1) is 25.8. The van der Waals surface area contributed by atoms with Gasteiger partial charge in [-0.25, -0.2) is 8.42 Å². The molecule has 190 valence electrons. The molecule has 0 N–H and O–H groups in total. The Morgan fingerprint density at radius 1 is 1.03 bits per heavy atom. The number of aryl methyl sites for hydroxylation is 1. The number of amides is 1. The summed E-state index contributed by atoms with van der Waals surface area (Å²) in [7, 11) is -3.76. The highest BCUT2D eigenvalue weighted by atomic mass is 35.5. The van der Waals surface area contributed by atoms with E-state index in [1.807, 2.05) is 11.8 Å². The summed E-state index contributed by atoms with van der Waals surface area (Å²) in [4.78, 5) is 17.6. The molecule has 2 fully saturated rings. The number of hydrogen-bond acceptors (Lipinski definition) is 5. The van der Waals surface area contributed by atoms with E-state index in [4.69, 9.17) is 16.3 Å². The molecule has 2 aliphatic heterocycles. The van der Waals surface area contributed by atoms with Crippen molar-refractivity contribution in [3.63, 3.8) is 0 Å². The third kappa shape index (κ3) is 5.44. The van der Waals surface area contributed by atoms with Gasteiger partial charge in [-0.2, -0.15) is 4.31 Å². The molecule has 0 unspecified atom stereocenters. The molecule has 35 heavy (non-hydrogen) atoms. The summed E-state index contributed by atoms with van der Waals surface area (Å²) in [5, 5.41) is 0.345. The molecule has 0 atom stereocenters. The van der Waals surface area contributed by atoms with Crippen LogP contribution in [-0.4, -0.2) is 69.4 Å². The maximum Gasteiger partial charge on any atom is 0.246 e. The molecular formula is C26H34ClN3O4S. The zero-order chi connectivity index (χ0) is 25.2. The molecule has 2 aromatic carbocycles. The van der Waals surface area contributed by atoms with E-state index >= 15 is 0 Å². The van der Waals surface area contributed by atoms with Gasteiger partial charge in [0, 0.05) is 55.9 Å². The summed E-state index contributed by atoms with van der Waals surface area (Å²) >= 11 is 6.09. The van der Waals surface area contributed by atoms with Crippen molar-refractivity contribution in [3.8, 4) is 5.75 Å². The lowest BCUT2D eigenvalue weighted by atomic mass is 9.96. The molecule has 0 spiro atoms. The topological polar surface area (TPSA) is 70.2 Å². The van der Waals surface area contributed by atoms with Crippen LogP contribution < -0.4 is 9.64 Å². The standard InChI is InChI=1S/C26H34ClN3O4S/c1-4-34-24-9-8-22(27)18-25(24)35(32,33)30-12-10-21(11-13-30)26(31)29-16-14-28(15-17-29)23-7-5-6-19(2)20(23)3/h5-9,18,21H,4,10-17H2,1-3H3. The maximum absolute atomic E-state index is 13.3. The van der Waals surface area contributed by atoms with E-state index in [0.29, 0.717) is 56.4 Å². The van der Waals surface area contributed by atoms with E-state index in [-0.39, 0.29) is 16.7 Å². The normalized spacial score (nSPS) is 18.1. The molecule has 9 heteroatoms. The molecular weight excluding hydrogens is 486 g/mol. The van der Waals surface area contributed by atoms with Crippen molar-refractivity contribution >= 4 is 33.2 Å². The lowest BCUT2D eigenvalue weighted by Gasteiger charge is -2.39. The number of carbonyl (C=O) groups is 1. The van der Waals surface area contributed by atoms with Gasteiger partial charge in [0.1, 0.15) is 10.6 Å². The monoisotopic (exact) mass is 519 g/mol. The minimum absolute atomic E-state index is 0.0826. The Bertz CT molecular complexity index is 1170. The van der Waals surface area contributed by atoms with Crippen LogP contribution in [0.1, 0.15) is 30.9 Å². The van der Waals surface area contributed by atoms with Crippen LogP contribution >= 0.6 is 11.6 Å². The van der Waals surface area contributed by atoms with Gasteiger partial charge in [0.15, 0.2) is 0 Å². The molecule has 1 amide bonds. The fourth-order valence-corrected chi connectivity index (χ4v) is 6.81. The maximum atomic E-state index is 13.3. The molecule has 2 saturated heterocycles. The molecule has 2 heterocycles. The van der Waals surface area contributed by atoms with Gasteiger partial charge in [-0.1, -0.05) is 23.7 Å². The van der Waals surface area contributed by atoms with E-state index in [9.17, 15) is 13.2 Å². The smallest absolute Gasteiger partial charge is 0.246 e. The largest absolute Gasteiger partial charge is 0.492 e. The van der Waals surface area contributed by atoms with Gasteiger partial charge in [-0.3, -0.25) is 4.79 Å². The van der Waals surface area contributed by atoms with Crippen LogP contribution in [0.5, 0.6) is 5.75 Å². The molecule has 0 aromatic heterocycles. The van der Waals surface area contributed by atoms with Crippen molar-refractivity contribution in [2.45, 2.75) is 38.5 Å². The number of nitrogens with zero attached hydrogens (tertiary/aromatic N) is 3. The van der Waals surface area contributed by atoms with Crippen molar-refractivity contribution < 1.29 is 17.9 Å². The van der Waals surface area contributed by atoms with Crippen molar-refractivity contribution in [2.75, 3.05) is 50.8 Å². The van der Waals surface area contributed by atoms with Crippen LogP contribution in [-0.2, 0) is 14.8 Å². The third-order valence-corrected chi connectivity index (χ3v) is 9.29. The summed E-state index contributed by atoms with van der Waals surface area (Å²) in [6.45, 7) is 10.0. The molecule has 7 nitrogen and oxygen atoms in total. The van der Waals surface area contributed by atoms with Gasteiger partial charge in [0.2, 0.25) is 15.9 Å². The van der Waals surface area contributed by atoms with Gasteiger partial charge in [0.05, 0.1) is 6.61 Å². The fraction of sp³-hybridized carbons (Fsp3) is 0.500. The lowest BCUT2D eigenvalue weighted by molar-refractivity contribution is -0.137. The van der Waals surface area contributed by atoms with Crippen LogP contribution in [0.15, 0.2) is 41.3 Å². The van der Waals surface area contributed by atoms with Crippen LogP contribution in [0, 0.1) is 19.8 Å². The van der Waals surface area contributed by atoms with E-state index in [1.165, 1.54) is 27.2 Å². The minimum Gasteiger partial charge on any atom is -0.492 e. The Hall–Kier alpha value is -2.29. The molecule has 0 radical (unpaired) electrons. The third-order valence-electron chi connectivity index (χ3n) is 7.13. The summed E-state index contributed by atoms with van der Waals surface area (Å²) < 4.78 is 33.6. The zero-order valence-corrected chi connectivity index (χ0v) is 22.2. The van der Waals surface area contributed by atoms with Crippen molar-refractivity contribution in [1.29, 1.82) is 0 Å². The number of hydrogen-bond donors (Lipinski definition) is 0. The number of anilines is 1. The average Bonchev–Trinajstić information content (AvgIpc) is 2.86. The van der Waals surface area contributed by atoms with E-state index in [0.717, 1.165) is 13.1 Å². The number of ether oxygens (including phenoxy) is 1. The lowest BCUT2D eigenvalue weighted by Crippen LogP contribution is -2.52. The second-order valence-corrected chi connectivity index (χ2v) is 11.6. The second-order valence-electron chi connectivity index (χ2n) is 9.23. The first-order valence-corrected chi connectivity index (χ1v) is 14.1. The predicted octanol–water partition coefficient (Wildman–Crippen LogP) is 4.11. The fourth-order valence-electron chi connectivity index (χ4n) is 4.94. The summed E-state index contributed by atoms with van der Waals surface area (Å²) in [6, 6.07) is 11.0. The Balaban J connectivity index is 1.36. The molecule has 0 aliphatic carbocycles. The highest BCUT2D eigenvalue weighted by Crippen LogP contribution is 2.33. The Labute approximate surface area is 213 Å². The second kappa shape index (κ2) is 10.8. The predicted molar refractivity (Wildman–Crippen MR) is 139 cm³/mol. The van der Waals surface area contributed by atoms with Crippen molar-refractivity contribution in [1.82, 2.24) is 9.21 Å². The Morgan fingerprint density at radius 3 is 2.37 bits per heavy atom. The number of carbonyl (C=O) groups excluding carboxylic acids is 1. The molecule has 2 aliphatic rings.